The van der Waals surface area contributed by atoms with Gasteiger partial charge >= 0.3 is 6.09 Å². The van der Waals surface area contributed by atoms with Crippen molar-refractivity contribution in [2.45, 2.75) is 116 Å². The van der Waals surface area contributed by atoms with Gasteiger partial charge in [0, 0.05) is 12.3 Å². The Morgan fingerprint density at radius 1 is 0.907 bits per heavy atom. The standard InChI is InChI=1S/C35H51N3O4Si/c1-10-30(39)29-24-36-32(37-29)27(21-25-17-13-11-14-18-25)23-31(42-43(8,9)35(5,6)7)28(22-26-19-15-12-16-20-26)38-33(40)41-34(2,3)4/h11-20,24,27-28,31H,10,21-23H2,1-9H3,(H,36,37)(H,38,40)/t27-,28+,31+/m1/s1. The zero-order chi connectivity index (χ0) is 31.8. The number of aromatic amines is 1. The minimum atomic E-state index is -2.30. The number of H-pyrrole nitrogens is 1. The summed E-state index contributed by atoms with van der Waals surface area (Å²) in [5, 5.41) is 3.15. The van der Waals surface area contributed by atoms with Crippen LogP contribution in [0.4, 0.5) is 4.79 Å². The van der Waals surface area contributed by atoms with Crippen LogP contribution in [-0.2, 0) is 22.0 Å². The molecule has 0 aliphatic heterocycles. The summed E-state index contributed by atoms with van der Waals surface area (Å²) in [6.45, 7) is 18.6. The third kappa shape index (κ3) is 10.5. The summed E-state index contributed by atoms with van der Waals surface area (Å²) in [6, 6.07) is 20.1. The summed E-state index contributed by atoms with van der Waals surface area (Å²) in [5.74, 6) is 0.689. The molecule has 0 fully saturated rings. The summed E-state index contributed by atoms with van der Waals surface area (Å²) in [4.78, 5) is 33.8. The Morgan fingerprint density at radius 3 is 1.98 bits per heavy atom. The van der Waals surface area contributed by atoms with E-state index in [2.05, 4.69) is 68.4 Å². The van der Waals surface area contributed by atoms with E-state index in [0.29, 0.717) is 31.4 Å². The van der Waals surface area contributed by atoms with Crippen molar-refractivity contribution in [3.8, 4) is 0 Å². The van der Waals surface area contributed by atoms with E-state index < -0.39 is 20.0 Å². The molecule has 0 unspecified atom stereocenters. The van der Waals surface area contributed by atoms with Crippen LogP contribution in [-0.4, -0.2) is 47.9 Å². The highest BCUT2D eigenvalue weighted by molar-refractivity contribution is 6.74. The Morgan fingerprint density at radius 2 is 1.47 bits per heavy atom. The molecule has 1 aromatic heterocycles. The lowest BCUT2D eigenvalue weighted by Gasteiger charge is -2.42. The number of hydrogen-bond acceptors (Lipinski definition) is 5. The molecule has 43 heavy (non-hydrogen) atoms. The number of aromatic nitrogens is 2. The summed E-state index contributed by atoms with van der Waals surface area (Å²) in [6.07, 6.45) is 3.10. The number of rotatable bonds is 13. The van der Waals surface area contributed by atoms with Gasteiger partial charge in [0.2, 0.25) is 0 Å². The lowest BCUT2D eigenvalue weighted by molar-refractivity contribution is 0.0418. The Bertz CT molecular complexity index is 1310. The third-order valence-electron chi connectivity index (χ3n) is 8.15. The number of ether oxygens (including phenoxy) is 1. The number of carbonyl (C=O) groups is 2. The number of nitrogens with zero attached hydrogens (tertiary/aromatic N) is 1. The van der Waals surface area contributed by atoms with Crippen molar-refractivity contribution < 1.29 is 18.8 Å². The first-order valence-corrected chi connectivity index (χ1v) is 18.3. The molecule has 0 saturated heterocycles. The van der Waals surface area contributed by atoms with Crippen molar-refractivity contribution in [2.75, 3.05) is 0 Å². The highest BCUT2D eigenvalue weighted by Crippen LogP contribution is 2.39. The molecule has 0 radical (unpaired) electrons. The number of amides is 1. The van der Waals surface area contributed by atoms with E-state index in [0.717, 1.165) is 17.0 Å². The van der Waals surface area contributed by atoms with Gasteiger partial charge in [0.25, 0.3) is 0 Å². The summed E-state index contributed by atoms with van der Waals surface area (Å²) < 4.78 is 12.9. The lowest BCUT2D eigenvalue weighted by atomic mass is 9.89. The zero-order valence-corrected chi connectivity index (χ0v) is 28.5. The zero-order valence-electron chi connectivity index (χ0n) is 27.5. The maximum Gasteiger partial charge on any atom is 0.407 e. The van der Waals surface area contributed by atoms with Crippen LogP contribution in [0.2, 0.25) is 18.1 Å². The quantitative estimate of drug-likeness (QED) is 0.151. The Labute approximate surface area is 259 Å². The van der Waals surface area contributed by atoms with Crippen molar-refractivity contribution >= 4 is 20.2 Å². The van der Waals surface area contributed by atoms with Gasteiger partial charge in [0.1, 0.15) is 17.1 Å². The van der Waals surface area contributed by atoms with Gasteiger partial charge in [-0.1, -0.05) is 88.4 Å². The molecule has 2 aromatic carbocycles. The second-order valence-corrected chi connectivity index (χ2v) is 18.7. The molecule has 0 saturated carbocycles. The highest BCUT2D eigenvalue weighted by Gasteiger charge is 2.42. The third-order valence-corrected chi connectivity index (χ3v) is 12.7. The molecule has 0 spiro atoms. The molecule has 0 bridgehead atoms. The molecule has 8 heteroatoms. The van der Waals surface area contributed by atoms with Crippen molar-refractivity contribution in [3.63, 3.8) is 0 Å². The number of hydrogen-bond donors (Lipinski definition) is 2. The van der Waals surface area contributed by atoms with Gasteiger partial charge in [0.15, 0.2) is 14.1 Å². The topological polar surface area (TPSA) is 93.3 Å². The molecule has 3 rings (SSSR count). The fourth-order valence-electron chi connectivity index (χ4n) is 4.80. The molecule has 1 amide bonds. The van der Waals surface area contributed by atoms with Gasteiger partial charge in [-0.25, -0.2) is 9.78 Å². The largest absolute Gasteiger partial charge is 0.444 e. The summed E-state index contributed by atoms with van der Waals surface area (Å²) in [5.41, 5.74) is 2.15. The van der Waals surface area contributed by atoms with Gasteiger partial charge in [-0.05, 0) is 69.3 Å². The fourth-order valence-corrected chi connectivity index (χ4v) is 6.17. The Balaban J connectivity index is 2.08. The predicted octanol–water partition coefficient (Wildman–Crippen LogP) is 8.25. The summed E-state index contributed by atoms with van der Waals surface area (Å²) in [7, 11) is -2.30. The number of benzene rings is 2. The molecule has 1 heterocycles. The maximum atomic E-state index is 13.3. The lowest BCUT2D eigenvalue weighted by Crippen LogP contribution is -2.53. The summed E-state index contributed by atoms with van der Waals surface area (Å²) >= 11 is 0. The van der Waals surface area contributed by atoms with Gasteiger partial charge in [-0.3, -0.25) is 4.79 Å². The minimum absolute atomic E-state index is 0.0276. The number of Topliss-reactive ketones (excluding diaryl/α,β-unsaturated/α-hetero) is 1. The smallest absolute Gasteiger partial charge is 0.407 e. The normalized spacial score (nSPS) is 14.5. The first kappa shape index (κ1) is 34.3. The molecule has 7 nitrogen and oxygen atoms in total. The Kier molecular flexibility index (Phi) is 11.5. The first-order valence-electron chi connectivity index (χ1n) is 15.4. The molecule has 0 aliphatic rings. The molecular weight excluding hydrogens is 554 g/mol. The van der Waals surface area contributed by atoms with E-state index >= 15 is 0 Å². The second-order valence-electron chi connectivity index (χ2n) is 13.9. The number of alkyl carbamates (subject to hydrolysis) is 1. The first-order chi connectivity index (χ1) is 20.1. The molecule has 0 aliphatic carbocycles. The van der Waals surface area contributed by atoms with Crippen molar-refractivity contribution in [2.24, 2.45) is 0 Å². The van der Waals surface area contributed by atoms with Gasteiger partial charge in [-0.15, -0.1) is 0 Å². The van der Waals surface area contributed by atoms with E-state index in [1.807, 2.05) is 64.1 Å². The number of ketones is 1. The average Bonchev–Trinajstić information content (AvgIpc) is 3.41. The molecule has 234 valence electrons. The molecule has 2 N–H and O–H groups in total. The molecule has 3 atom stereocenters. The van der Waals surface area contributed by atoms with Gasteiger partial charge < -0.3 is 19.5 Å². The van der Waals surface area contributed by atoms with E-state index in [4.69, 9.17) is 14.1 Å². The van der Waals surface area contributed by atoms with Crippen LogP contribution < -0.4 is 5.32 Å². The molecule has 3 aromatic rings. The molecular formula is C35H51N3O4Si. The minimum Gasteiger partial charge on any atom is -0.444 e. The van der Waals surface area contributed by atoms with Crippen molar-refractivity contribution in [3.05, 3.63) is 89.5 Å². The van der Waals surface area contributed by atoms with E-state index in [9.17, 15) is 9.59 Å². The SMILES string of the molecule is CCC(=O)c1cnc([C@H](Cc2ccccc2)C[C@H](O[Si](C)(C)C(C)(C)C)[C@H](Cc2ccccc2)NC(=O)OC(C)(C)C)[nH]1. The van der Waals surface area contributed by atoms with Crippen LogP contribution in [0.25, 0.3) is 0 Å². The number of carbonyl (C=O) groups excluding carboxylic acids is 2. The number of nitrogens with one attached hydrogen (secondary N) is 2. The van der Waals surface area contributed by atoms with E-state index in [1.165, 1.54) is 0 Å². The van der Waals surface area contributed by atoms with Crippen LogP contribution >= 0.6 is 0 Å². The second kappa shape index (κ2) is 14.5. The predicted molar refractivity (Wildman–Crippen MR) is 176 cm³/mol. The van der Waals surface area contributed by atoms with Gasteiger partial charge in [0.05, 0.1) is 18.3 Å². The van der Waals surface area contributed by atoms with E-state index in [1.54, 1.807) is 6.20 Å². The number of imidazole rings is 1. The van der Waals surface area contributed by atoms with Crippen LogP contribution in [0.15, 0.2) is 66.9 Å². The van der Waals surface area contributed by atoms with Crippen LogP contribution in [0.1, 0.15) is 94.7 Å². The van der Waals surface area contributed by atoms with Crippen LogP contribution in [0.5, 0.6) is 0 Å². The highest BCUT2D eigenvalue weighted by atomic mass is 28.4. The van der Waals surface area contributed by atoms with Crippen LogP contribution in [0, 0.1) is 0 Å². The van der Waals surface area contributed by atoms with Gasteiger partial charge in [-0.2, -0.15) is 0 Å². The van der Waals surface area contributed by atoms with E-state index in [-0.39, 0.29) is 28.9 Å². The van der Waals surface area contributed by atoms with Crippen LogP contribution in [0.3, 0.4) is 0 Å². The van der Waals surface area contributed by atoms with Crippen molar-refractivity contribution in [1.82, 2.24) is 15.3 Å². The Hall–Kier alpha value is -3.23. The van der Waals surface area contributed by atoms with Crippen molar-refractivity contribution in [1.29, 1.82) is 0 Å². The maximum absolute atomic E-state index is 13.3. The average molecular weight is 606 g/mol. The monoisotopic (exact) mass is 605 g/mol. The fraction of sp³-hybridized carbons (Fsp3) is 0.514.